The minimum atomic E-state index is -0.490. The number of thioether (sulfide) groups is 1. The summed E-state index contributed by atoms with van der Waals surface area (Å²) in [5.41, 5.74) is 1.54. The van der Waals surface area contributed by atoms with Crippen molar-refractivity contribution in [2.45, 2.75) is 11.8 Å². The molecule has 0 saturated heterocycles. The van der Waals surface area contributed by atoms with Gasteiger partial charge in [0.1, 0.15) is 5.41 Å². The summed E-state index contributed by atoms with van der Waals surface area (Å²) in [6.45, 7) is 0.748. The maximum absolute atomic E-state index is 12.2. The second kappa shape index (κ2) is 3.35. The molecule has 1 unspecified atom stereocenters. The molecule has 3 nitrogen and oxygen atoms in total. The molecule has 1 spiro atoms. The highest BCUT2D eigenvalue weighted by molar-refractivity contribution is 8.13. The van der Waals surface area contributed by atoms with Gasteiger partial charge < -0.3 is 5.32 Å². The van der Waals surface area contributed by atoms with E-state index in [2.05, 4.69) is 10.3 Å². The third-order valence-electron chi connectivity index (χ3n) is 3.32. The van der Waals surface area contributed by atoms with Crippen molar-refractivity contribution < 1.29 is 4.79 Å². The van der Waals surface area contributed by atoms with E-state index < -0.39 is 5.41 Å². The van der Waals surface area contributed by atoms with Crippen molar-refractivity contribution in [3.63, 3.8) is 0 Å². The maximum Gasteiger partial charge on any atom is 0.241 e. The van der Waals surface area contributed by atoms with Crippen LogP contribution in [0.1, 0.15) is 12.0 Å². The summed E-state index contributed by atoms with van der Waals surface area (Å²) in [6, 6.07) is 7.92. The zero-order chi connectivity index (χ0) is 11.2. The molecule has 0 fully saturated rings. The van der Waals surface area contributed by atoms with Crippen LogP contribution in [0.3, 0.4) is 0 Å². The van der Waals surface area contributed by atoms with E-state index in [9.17, 15) is 4.79 Å². The van der Waals surface area contributed by atoms with Crippen LogP contribution >= 0.6 is 11.8 Å². The van der Waals surface area contributed by atoms with Crippen molar-refractivity contribution in [3.05, 3.63) is 29.8 Å². The second-order valence-corrected chi connectivity index (χ2v) is 4.84. The lowest BCUT2D eigenvalue weighted by Crippen LogP contribution is -2.38. The van der Waals surface area contributed by atoms with Crippen molar-refractivity contribution in [3.8, 4) is 0 Å². The van der Waals surface area contributed by atoms with Crippen LogP contribution in [0.15, 0.2) is 29.3 Å². The van der Waals surface area contributed by atoms with Gasteiger partial charge >= 0.3 is 0 Å². The number of amides is 1. The standard InChI is InChI=1S/C12H12N2OS/c1-16-11-12(6-7-13-11)8-4-2-3-5-9(8)14-10(12)15/h2-5H,6-7H2,1H3,(H,14,15). The Labute approximate surface area is 98.3 Å². The first-order chi connectivity index (χ1) is 7.79. The Morgan fingerprint density at radius 3 is 3.06 bits per heavy atom. The average molecular weight is 232 g/mol. The summed E-state index contributed by atoms with van der Waals surface area (Å²) in [7, 11) is 0. The molecule has 1 aromatic carbocycles. The first kappa shape index (κ1) is 9.90. The molecule has 0 bridgehead atoms. The van der Waals surface area contributed by atoms with Crippen LogP contribution < -0.4 is 5.32 Å². The second-order valence-electron chi connectivity index (χ2n) is 4.05. The largest absolute Gasteiger partial charge is 0.325 e. The van der Waals surface area contributed by atoms with Crippen molar-refractivity contribution in [2.75, 3.05) is 18.1 Å². The summed E-state index contributed by atoms with van der Waals surface area (Å²) >= 11 is 1.59. The monoisotopic (exact) mass is 232 g/mol. The number of hydrogen-bond acceptors (Lipinski definition) is 3. The fourth-order valence-electron chi connectivity index (χ4n) is 2.58. The van der Waals surface area contributed by atoms with Gasteiger partial charge in [-0.2, -0.15) is 0 Å². The van der Waals surface area contributed by atoms with Gasteiger partial charge in [0, 0.05) is 12.2 Å². The fourth-order valence-corrected chi connectivity index (χ4v) is 3.46. The highest BCUT2D eigenvalue weighted by Crippen LogP contribution is 2.46. The van der Waals surface area contributed by atoms with E-state index in [-0.39, 0.29) is 5.91 Å². The highest BCUT2D eigenvalue weighted by Gasteiger charge is 2.52. The van der Waals surface area contributed by atoms with Crippen LogP contribution in [0.5, 0.6) is 0 Å². The number of benzene rings is 1. The van der Waals surface area contributed by atoms with Crippen molar-refractivity contribution in [1.82, 2.24) is 0 Å². The molecule has 0 radical (unpaired) electrons. The van der Waals surface area contributed by atoms with Crippen LogP contribution in [0.4, 0.5) is 5.69 Å². The van der Waals surface area contributed by atoms with Gasteiger partial charge in [-0.05, 0) is 24.3 Å². The quantitative estimate of drug-likeness (QED) is 0.743. The molecule has 1 atom stereocenters. The van der Waals surface area contributed by atoms with Crippen LogP contribution in [-0.4, -0.2) is 23.8 Å². The number of nitrogens with zero attached hydrogens (tertiary/aromatic N) is 1. The summed E-state index contributed by atoms with van der Waals surface area (Å²) in [4.78, 5) is 16.7. The van der Waals surface area contributed by atoms with Crippen molar-refractivity contribution in [2.24, 2.45) is 4.99 Å². The molecule has 4 heteroatoms. The highest BCUT2D eigenvalue weighted by atomic mass is 32.2. The van der Waals surface area contributed by atoms with Crippen LogP contribution in [0.2, 0.25) is 0 Å². The van der Waals surface area contributed by atoms with Crippen molar-refractivity contribution >= 4 is 28.4 Å². The number of fused-ring (bicyclic) bond motifs is 2. The number of para-hydroxylation sites is 1. The normalized spacial score (nSPS) is 26.8. The number of rotatable bonds is 0. The van der Waals surface area contributed by atoms with Gasteiger partial charge in [-0.15, -0.1) is 11.8 Å². The molecule has 1 aromatic rings. The van der Waals surface area contributed by atoms with E-state index in [1.54, 1.807) is 11.8 Å². The Kier molecular flexibility index (Phi) is 2.07. The Hall–Kier alpha value is -1.29. The SMILES string of the molecule is CSC1=NCCC12C(=O)Nc1ccccc12. The minimum absolute atomic E-state index is 0.0827. The Balaban J connectivity index is 2.22. The molecular weight excluding hydrogens is 220 g/mol. The number of anilines is 1. The number of nitrogens with one attached hydrogen (secondary N) is 1. The zero-order valence-corrected chi connectivity index (χ0v) is 9.80. The first-order valence-corrected chi connectivity index (χ1v) is 6.51. The summed E-state index contributed by atoms with van der Waals surface area (Å²) < 4.78 is 0. The molecule has 1 amide bonds. The Morgan fingerprint density at radius 1 is 1.44 bits per heavy atom. The number of hydrogen-bond donors (Lipinski definition) is 1. The summed E-state index contributed by atoms with van der Waals surface area (Å²) in [6.07, 6.45) is 2.78. The first-order valence-electron chi connectivity index (χ1n) is 5.29. The summed E-state index contributed by atoms with van der Waals surface area (Å²) in [5.74, 6) is 0.0827. The van der Waals surface area contributed by atoms with E-state index in [1.165, 1.54) is 0 Å². The van der Waals surface area contributed by atoms with E-state index in [1.807, 2.05) is 30.5 Å². The maximum atomic E-state index is 12.2. The van der Waals surface area contributed by atoms with Gasteiger partial charge in [0.25, 0.3) is 0 Å². The predicted octanol–water partition coefficient (Wildman–Crippen LogP) is 2.04. The predicted molar refractivity (Wildman–Crippen MR) is 67.2 cm³/mol. The lowest BCUT2D eigenvalue weighted by Gasteiger charge is -2.22. The smallest absolute Gasteiger partial charge is 0.241 e. The van der Waals surface area contributed by atoms with Crippen LogP contribution in [0.25, 0.3) is 0 Å². The van der Waals surface area contributed by atoms with Gasteiger partial charge in [-0.1, -0.05) is 18.2 Å². The fraction of sp³-hybridized carbons (Fsp3) is 0.333. The van der Waals surface area contributed by atoms with E-state index in [0.29, 0.717) is 0 Å². The van der Waals surface area contributed by atoms with E-state index >= 15 is 0 Å². The van der Waals surface area contributed by atoms with Crippen molar-refractivity contribution in [1.29, 1.82) is 0 Å². The molecule has 0 aromatic heterocycles. The summed E-state index contributed by atoms with van der Waals surface area (Å²) in [5, 5.41) is 3.92. The topological polar surface area (TPSA) is 41.5 Å². The molecule has 3 rings (SSSR count). The third kappa shape index (κ3) is 1.05. The molecule has 1 N–H and O–H groups in total. The van der Waals surface area contributed by atoms with Gasteiger partial charge in [-0.3, -0.25) is 9.79 Å². The molecule has 0 saturated carbocycles. The Bertz CT molecular complexity index is 498. The molecule has 0 aliphatic carbocycles. The lowest BCUT2D eigenvalue weighted by atomic mass is 9.81. The lowest BCUT2D eigenvalue weighted by molar-refractivity contribution is -0.118. The van der Waals surface area contributed by atoms with Gasteiger partial charge in [-0.25, -0.2) is 0 Å². The number of aliphatic imine (C=N–C) groups is 1. The van der Waals surface area contributed by atoms with Gasteiger partial charge in [0.15, 0.2) is 0 Å². The Morgan fingerprint density at radius 2 is 2.25 bits per heavy atom. The van der Waals surface area contributed by atoms with Gasteiger partial charge in [0.2, 0.25) is 5.91 Å². The molecule has 2 aliphatic rings. The van der Waals surface area contributed by atoms with E-state index in [4.69, 9.17) is 0 Å². The zero-order valence-electron chi connectivity index (χ0n) is 8.99. The van der Waals surface area contributed by atoms with Crippen LogP contribution in [-0.2, 0) is 10.2 Å². The molecule has 82 valence electrons. The van der Waals surface area contributed by atoms with Crippen LogP contribution in [0, 0.1) is 0 Å². The third-order valence-corrected chi connectivity index (χ3v) is 4.19. The minimum Gasteiger partial charge on any atom is -0.325 e. The molecular formula is C12H12N2OS. The number of carbonyl (C=O) groups is 1. The molecule has 2 aliphatic heterocycles. The number of carbonyl (C=O) groups excluding carboxylic acids is 1. The van der Waals surface area contributed by atoms with Gasteiger partial charge in [0.05, 0.1) is 5.04 Å². The average Bonchev–Trinajstić information content (AvgIpc) is 2.85. The molecule has 2 heterocycles. The molecule has 16 heavy (non-hydrogen) atoms. The van der Waals surface area contributed by atoms with E-state index in [0.717, 1.165) is 29.3 Å².